The Morgan fingerprint density at radius 3 is 2.43 bits per heavy atom. The molecule has 2 heterocycles. The van der Waals surface area contributed by atoms with E-state index in [9.17, 15) is 4.79 Å². The van der Waals surface area contributed by atoms with Crippen molar-refractivity contribution in [1.82, 2.24) is 14.8 Å². The lowest BCUT2D eigenvalue weighted by Gasteiger charge is -2.28. The second kappa shape index (κ2) is 9.80. The van der Waals surface area contributed by atoms with Gasteiger partial charge in [0.25, 0.3) is 5.91 Å². The molecular weight excluding hydrogens is 454 g/mol. The van der Waals surface area contributed by atoms with Crippen LogP contribution in [0, 0.1) is 13.8 Å². The summed E-state index contributed by atoms with van der Waals surface area (Å²) < 4.78 is 1.83. The molecule has 0 saturated heterocycles. The molecule has 1 aliphatic rings. The van der Waals surface area contributed by atoms with Gasteiger partial charge < -0.3 is 10.6 Å². The average molecular weight is 482 g/mol. The lowest BCUT2D eigenvalue weighted by Crippen LogP contribution is -2.31. The first-order valence-electron chi connectivity index (χ1n) is 11.5. The Hall–Kier alpha value is -3.84. The van der Waals surface area contributed by atoms with Crippen molar-refractivity contribution in [2.24, 2.45) is 0 Å². The third-order valence-electron chi connectivity index (χ3n) is 6.03. The zero-order valence-corrected chi connectivity index (χ0v) is 20.8. The highest BCUT2D eigenvalue weighted by atomic mass is 32.2. The van der Waals surface area contributed by atoms with E-state index in [1.165, 1.54) is 5.56 Å². The Labute approximate surface area is 209 Å². The fourth-order valence-electron chi connectivity index (χ4n) is 4.30. The van der Waals surface area contributed by atoms with Crippen molar-refractivity contribution in [2.75, 3.05) is 10.6 Å². The van der Waals surface area contributed by atoms with Crippen molar-refractivity contribution in [2.45, 2.75) is 37.7 Å². The molecule has 0 saturated carbocycles. The summed E-state index contributed by atoms with van der Waals surface area (Å²) in [5, 5.41) is 11.9. The van der Waals surface area contributed by atoms with Crippen LogP contribution in [0.5, 0.6) is 0 Å². The molecule has 0 spiro atoms. The van der Waals surface area contributed by atoms with Crippen molar-refractivity contribution >= 4 is 29.3 Å². The van der Waals surface area contributed by atoms with Gasteiger partial charge in [-0.05, 0) is 43.5 Å². The molecule has 1 unspecified atom stereocenters. The Kier molecular flexibility index (Phi) is 6.42. The summed E-state index contributed by atoms with van der Waals surface area (Å²) >= 11 is 1.58. The summed E-state index contributed by atoms with van der Waals surface area (Å²) in [6.45, 7) is 5.96. The summed E-state index contributed by atoms with van der Waals surface area (Å²) in [5.74, 6) is 1.25. The maximum absolute atomic E-state index is 13.7. The molecule has 1 aliphatic heterocycles. The summed E-state index contributed by atoms with van der Waals surface area (Å²) in [4.78, 5) is 18.4. The molecule has 2 N–H and O–H groups in total. The van der Waals surface area contributed by atoms with Crippen LogP contribution in [0.25, 0.3) is 0 Å². The zero-order chi connectivity index (χ0) is 24.4. The van der Waals surface area contributed by atoms with Gasteiger partial charge >= 0.3 is 0 Å². The number of aryl methyl sites for hydroxylation is 2. The summed E-state index contributed by atoms with van der Waals surface area (Å²) in [6.07, 6.45) is 0. The van der Waals surface area contributed by atoms with E-state index in [1.54, 1.807) is 11.8 Å². The van der Waals surface area contributed by atoms with E-state index < -0.39 is 6.04 Å². The van der Waals surface area contributed by atoms with Crippen LogP contribution in [0.2, 0.25) is 0 Å². The number of nitrogens with zero attached hydrogens (tertiary/aromatic N) is 3. The van der Waals surface area contributed by atoms with Crippen LogP contribution >= 0.6 is 11.8 Å². The number of carbonyl (C=O) groups excluding carboxylic acids is 1. The number of thioether (sulfide) groups is 1. The number of rotatable bonds is 6. The highest BCUT2D eigenvalue weighted by molar-refractivity contribution is 7.98. The van der Waals surface area contributed by atoms with Gasteiger partial charge in [0, 0.05) is 17.1 Å². The van der Waals surface area contributed by atoms with Crippen LogP contribution in [0.4, 0.5) is 11.6 Å². The third kappa shape index (κ3) is 4.86. The summed E-state index contributed by atoms with van der Waals surface area (Å²) in [6, 6.07) is 25.9. The lowest BCUT2D eigenvalue weighted by molar-refractivity contribution is -0.113. The number of fused-ring (bicyclic) bond motifs is 1. The van der Waals surface area contributed by atoms with Crippen molar-refractivity contribution in [3.8, 4) is 0 Å². The second-order valence-corrected chi connectivity index (χ2v) is 9.63. The summed E-state index contributed by atoms with van der Waals surface area (Å²) in [7, 11) is 0. The molecule has 1 amide bonds. The van der Waals surface area contributed by atoms with Gasteiger partial charge in [0.15, 0.2) is 0 Å². The second-order valence-electron chi connectivity index (χ2n) is 8.69. The topological polar surface area (TPSA) is 71.8 Å². The molecule has 1 aromatic heterocycles. The molecule has 0 radical (unpaired) electrons. The Morgan fingerprint density at radius 2 is 1.71 bits per heavy atom. The van der Waals surface area contributed by atoms with Crippen LogP contribution in [0.1, 0.15) is 35.2 Å². The van der Waals surface area contributed by atoms with Crippen molar-refractivity contribution < 1.29 is 4.79 Å². The number of aromatic nitrogens is 3. The number of anilines is 2. The molecule has 4 aromatic rings. The van der Waals surface area contributed by atoms with E-state index >= 15 is 0 Å². The van der Waals surface area contributed by atoms with Gasteiger partial charge in [0.2, 0.25) is 11.1 Å². The van der Waals surface area contributed by atoms with Crippen LogP contribution in [0.3, 0.4) is 0 Å². The van der Waals surface area contributed by atoms with Gasteiger partial charge in [0.05, 0.1) is 5.57 Å². The Balaban J connectivity index is 1.48. The first kappa shape index (κ1) is 22.9. The number of carbonyl (C=O) groups is 1. The van der Waals surface area contributed by atoms with Crippen LogP contribution in [-0.2, 0) is 10.5 Å². The molecule has 6 nitrogen and oxygen atoms in total. The fraction of sp³-hybridized carbons (Fsp3) is 0.179. The van der Waals surface area contributed by atoms with E-state index in [0.29, 0.717) is 16.7 Å². The van der Waals surface area contributed by atoms with Crippen LogP contribution in [-0.4, -0.2) is 20.7 Å². The minimum atomic E-state index is -0.392. The lowest BCUT2D eigenvalue weighted by atomic mass is 9.95. The minimum Gasteiger partial charge on any atom is -0.328 e. The third-order valence-corrected chi connectivity index (χ3v) is 6.94. The zero-order valence-electron chi connectivity index (χ0n) is 19.9. The molecular formula is C28H27N5OS. The van der Waals surface area contributed by atoms with Crippen molar-refractivity contribution in [1.29, 1.82) is 0 Å². The van der Waals surface area contributed by atoms with Crippen molar-refractivity contribution in [3.05, 3.63) is 112 Å². The maximum atomic E-state index is 13.7. The summed E-state index contributed by atoms with van der Waals surface area (Å²) in [5.41, 5.74) is 6.55. The van der Waals surface area contributed by atoms with Gasteiger partial charge in [-0.15, -0.1) is 5.10 Å². The predicted molar refractivity (Wildman–Crippen MR) is 141 cm³/mol. The highest BCUT2D eigenvalue weighted by Gasteiger charge is 2.34. The van der Waals surface area contributed by atoms with Gasteiger partial charge in [-0.3, -0.25) is 4.79 Å². The monoisotopic (exact) mass is 481 g/mol. The number of allylic oxidation sites excluding steroid dienone is 1. The smallest absolute Gasteiger partial charge is 0.255 e. The predicted octanol–water partition coefficient (Wildman–Crippen LogP) is 6.11. The largest absolute Gasteiger partial charge is 0.328 e. The first-order chi connectivity index (χ1) is 17.0. The van der Waals surface area contributed by atoms with Gasteiger partial charge in [0.1, 0.15) is 6.04 Å². The van der Waals surface area contributed by atoms with E-state index in [-0.39, 0.29) is 5.91 Å². The number of hydrogen-bond donors (Lipinski definition) is 2. The van der Waals surface area contributed by atoms with Gasteiger partial charge in [-0.25, -0.2) is 4.68 Å². The molecule has 5 rings (SSSR count). The molecule has 0 aliphatic carbocycles. The van der Waals surface area contributed by atoms with Gasteiger partial charge in [-0.2, -0.15) is 4.98 Å². The molecule has 35 heavy (non-hydrogen) atoms. The van der Waals surface area contributed by atoms with E-state index in [2.05, 4.69) is 28.8 Å². The van der Waals surface area contributed by atoms with Crippen LogP contribution < -0.4 is 10.6 Å². The number of benzene rings is 3. The van der Waals surface area contributed by atoms with Crippen molar-refractivity contribution in [3.63, 3.8) is 0 Å². The number of amides is 1. The molecule has 7 heteroatoms. The molecule has 3 aromatic carbocycles. The maximum Gasteiger partial charge on any atom is 0.255 e. The standard InChI is InChI=1S/C28H27N5OS/c1-18-14-15-23(19(2)16-18)30-26(34)24-20(3)29-27-31-28(35-17-21-10-6-4-7-11-21)32-33(27)25(24)22-12-8-5-9-13-22/h4-16,25H,17H2,1-3H3,(H,30,34)(H,29,31,32). The highest BCUT2D eigenvalue weighted by Crippen LogP contribution is 2.37. The quantitative estimate of drug-likeness (QED) is 0.325. The van der Waals surface area contributed by atoms with E-state index in [1.807, 2.05) is 86.1 Å². The Morgan fingerprint density at radius 1 is 1.00 bits per heavy atom. The number of hydrogen-bond acceptors (Lipinski definition) is 5. The Bertz CT molecular complexity index is 1400. The molecule has 1 atom stereocenters. The fourth-order valence-corrected chi connectivity index (χ4v) is 5.08. The molecule has 0 bridgehead atoms. The SMILES string of the molecule is CC1=C(C(=O)Nc2ccc(C)cc2C)C(c2ccccc2)n2nc(SCc3ccccc3)nc2N1. The molecule has 0 fully saturated rings. The van der Waals surface area contributed by atoms with Crippen LogP contribution in [0.15, 0.2) is 95.3 Å². The first-order valence-corrected chi connectivity index (χ1v) is 12.5. The average Bonchev–Trinajstić information content (AvgIpc) is 3.27. The van der Waals surface area contributed by atoms with E-state index in [4.69, 9.17) is 10.1 Å². The molecule has 176 valence electrons. The minimum absolute atomic E-state index is 0.157. The number of nitrogens with one attached hydrogen (secondary N) is 2. The van der Waals surface area contributed by atoms with E-state index in [0.717, 1.165) is 33.8 Å². The normalized spacial score (nSPS) is 14.9. The van der Waals surface area contributed by atoms with Gasteiger partial charge in [-0.1, -0.05) is 90.1 Å².